The first-order chi connectivity index (χ1) is 11.2. The number of carbonyl (C=O) groups excluding carboxylic acids is 1. The molecule has 3 rings (SSSR count). The van der Waals surface area contributed by atoms with Crippen molar-refractivity contribution in [1.82, 2.24) is 20.0 Å². The zero-order valence-corrected chi connectivity index (χ0v) is 13.3. The van der Waals surface area contributed by atoms with Gasteiger partial charge in [0.1, 0.15) is 0 Å². The van der Waals surface area contributed by atoms with E-state index in [1.165, 1.54) is 0 Å². The molecule has 0 aliphatic carbocycles. The highest BCUT2D eigenvalue weighted by Gasteiger charge is 2.21. The van der Waals surface area contributed by atoms with Gasteiger partial charge in [-0.15, -0.1) is 0 Å². The minimum atomic E-state index is -0.0333. The summed E-state index contributed by atoms with van der Waals surface area (Å²) in [5.74, 6) is 0. The normalized spacial score (nSPS) is 18.0. The molecule has 1 atom stereocenters. The van der Waals surface area contributed by atoms with E-state index < -0.39 is 0 Å². The first-order valence-corrected chi connectivity index (χ1v) is 7.91. The lowest BCUT2D eigenvalue weighted by atomic mass is 10.1. The van der Waals surface area contributed by atoms with Gasteiger partial charge in [-0.3, -0.25) is 4.68 Å². The average Bonchev–Trinajstić information content (AvgIpc) is 3.07. The van der Waals surface area contributed by atoms with Gasteiger partial charge in [-0.25, -0.2) is 4.79 Å². The van der Waals surface area contributed by atoms with Gasteiger partial charge in [0, 0.05) is 32.0 Å². The summed E-state index contributed by atoms with van der Waals surface area (Å²) in [6, 6.07) is 9.98. The zero-order chi connectivity index (χ0) is 16.1. The first-order valence-electron chi connectivity index (χ1n) is 7.91. The highest BCUT2D eigenvalue weighted by molar-refractivity contribution is 5.74. The molecule has 1 aromatic carbocycles. The number of hydrogen-bond acceptors (Lipinski definition) is 3. The number of hydrogen-bond donors (Lipinski definition) is 1. The molecule has 1 aliphatic heterocycles. The maximum atomic E-state index is 12.3. The van der Waals surface area contributed by atoms with Crippen molar-refractivity contribution in [2.24, 2.45) is 0 Å². The van der Waals surface area contributed by atoms with E-state index in [4.69, 9.17) is 4.74 Å². The second-order valence-electron chi connectivity index (χ2n) is 5.76. The van der Waals surface area contributed by atoms with Crippen LogP contribution in [0.2, 0.25) is 0 Å². The van der Waals surface area contributed by atoms with E-state index in [0.717, 1.165) is 11.1 Å². The Balaban J connectivity index is 1.60. The number of benzene rings is 1. The Kier molecular flexibility index (Phi) is 4.92. The predicted molar refractivity (Wildman–Crippen MR) is 87.0 cm³/mol. The van der Waals surface area contributed by atoms with Crippen LogP contribution in [0.1, 0.15) is 18.1 Å². The summed E-state index contributed by atoms with van der Waals surface area (Å²) in [5.41, 5.74) is 2.27. The number of ether oxygens (including phenoxy) is 1. The number of urea groups is 1. The fourth-order valence-corrected chi connectivity index (χ4v) is 2.74. The Labute approximate surface area is 136 Å². The van der Waals surface area contributed by atoms with Crippen molar-refractivity contribution >= 4 is 6.03 Å². The molecule has 0 radical (unpaired) electrons. The van der Waals surface area contributed by atoms with Gasteiger partial charge in [-0.05, 0) is 24.1 Å². The van der Waals surface area contributed by atoms with Gasteiger partial charge in [0.05, 0.1) is 19.3 Å². The third-order valence-electron chi connectivity index (χ3n) is 3.97. The van der Waals surface area contributed by atoms with Crippen molar-refractivity contribution in [3.8, 4) is 0 Å². The van der Waals surface area contributed by atoms with Crippen molar-refractivity contribution in [3.05, 3.63) is 53.9 Å². The van der Waals surface area contributed by atoms with Gasteiger partial charge >= 0.3 is 6.03 Å². The van der Waals surface area contributed by atoms with Gasteiger partial charge in [-0.1, -0.05) is 24.3 Å². The fourth-order valence-electron chi connectivity index (χ4n) is 2.74. The van der Waals surface area contributed by atoms with Crippen LogP contribution in [0.3, 0.4) is 0 Å². The molecule has 2 amide bonds. The van der Waals surface area contributed by atoms with E-state index in [1.807, 2.05) is 47.0 Å². The number of aromatic nitrogens is 2. The van der Waals surface area contributed by atoms with Crippen LogP contribution in [-0.2, 0) is 17.8 Å². The molecule has 0 bridgehead atoms. The van der Waals surface area contributed by atoms with Gasteiger partial charge in [0.2, 0.25) is 0 Å². The SMILES string of the molecule is C[C@H]1CN(C(=O)NCc2ccccc2Cn2cccn2)CCO1. The van der Waals surface area contributed by atoms with Crippen molar-refractivity contribution in [1.29, 1.82) is 0 Å². The van der Waals surface area contributed by atoms with Crippen LogP contribution in [0.15, 0.2) is 42.7 Å². The second kappa shape index (κ2) is 7.28. The Hall–Kier alpha value is -2.34. The van der Waals surface area contributed by atoms with Crippen LogP contribution in [0.4, 0.5) is 4.79 Å². The number of rotatable bonds is 4. The lowest BCUT2D eigenvalue weighted by Gasteiger charge is -2.31. The average molecular weight is 314 g/mol. The van der Waals surface area contributed by atoms with Gasteiger partial charge in [-0.2, -0.15) is 5.10 Å². The molecule has 1 saturated heterocycles. The van der Waals surface area contributed by atoms with Crippen LogP contribution >= 0.6 is 0 Å². The van der Waals surface area contributed by atoms with Gasteiger partial charge in [0.25, 0.3) is 0 Å². The monoisotopic (exact) mass is 314 g/mol. The summed E-state index contributed by atoms with van der Waals surface area (Å²) in [6.07, 6.45) is 3.80. The topological polar surface area (TPSA) is 59.4 Å². The highest BCUT2D eigenvalue weighted by Crippen LogP contribution is 2.11. The molecule has 1 aromatic heterocycles. The third-order valence-corrected chi connectivity index (χ3v) is 3.97. The fraction of sp³-hybridized carbons (Fsp3) is 0.412. The molecule has 0 unspecified atom stereocenters. The number of morpholine rings is 1. The lowest BCUT2D eigenvalue weighted by molar-refractivity contribution is -0.00352. The first kappa shape index (κ1) is 15.6. The molecule has 2 aromatic rings. The molecular formula is C17H22N4O2. The van der Waals surface area contributed by atoms with Crippen LogP contribution in [-0.4, -0.2) is 46.5 Å². The van der Waals surface area contributed by atoms with Crippen LogP contribution < -0.4 is 5.32 Å². The Bertz CT molecular complexity index is 642. The highest BCUT2D eigenvalue weighted by atomic mass is 16.5. The zero-order valence-electron chi connectivity index (χ0n) is 13.3. The Morgan fingerprint density at radius 1 is 1.35 bits per heavy atom. The number of nitrogens with one attached hydrogen (secondary N) is 1. The van der Waals surface area contributed by atoms with E-state index in [2.05, 4.69) is 16.5 Å². The van der Waals surface area contributed by atoms with Crippen LogP contribution in [0, 0.1) is 0 Å². The molecule has 1 fully saturated rings. The molecule has 23 heavy (non-hydrogen) atoms. The largest absolute Gasteiger partial charge is 0.375 e. The van der Waals surface area contributed by atoms with Crippen molar-refractivity contribution < 1.29 is 9.53 Å². The van der Waals surface area contributed by atoms with Crippen molar-refractivity contribution in [2.45, 2.75) is 26.1 Å². The quantitative estimate of drug-likeness (QED) is 0.937. The number of carbonyl (C=O) groups is 1. The maximum Gasteiger partial charge on any atom is 0.317 e. The summed E-state index contributed by atoms with van der Waals surface area (Å²) >= 11 is 0. The maximum absolute atomic E-state index is 12.3. The van der Waals surface area contributed by atoms with Crippen molar-refractivity contribution in [2.75, 3.05) is 19.7 Å². The smallest absolute Gasteiger partial charge is 0.317 e. The minimum absolute atomic E-state index is 0.0333. The number of amides is 2. The Morgan fingerprint density at radius 2 is 2.17 bits per heavy atom. The summed E-state index contributed by atoms with van der Waals surface area (Å²) in [4.78, 5) is 14.1. The lowest BCUT2D eigenvalue weighted by Crippen LogP contribution is -2.48. The Morgan fingerprint density at radius 3 is 2.91 bits per heavy atom. The second-order valence-corrected chi connectivity index (χ2v) is 5.76. The number of nitrogens with zero attached hydrogens (tertiary/aromatic N) is 3. The van der Waals surface area contributed by atoms with Crippen LogP contribution in [0.25, 0.3) is 0 Å². The summed E-state index contributed by atoms with van der Waals surface area (Å²) in [6.45, 7) is 5.09. The molecule has 6 heteroatoms. The summed E-state index contributed by atoms with van der Waals surface area (Å²) < 4.78 is 7.35. The molecule has 1 aliphatic rings. The summed E-state index contributed by atoms with van der Waals surface area (Å²) in [5, 5.41) is 7.25. The van der Waals surface area contributed by atoms with E-state index in [9.17, 15) is 4.79 Å². The van der Waals surface area contributed by atoms with Crippen LogP contribution in [0.5, 0.6) is 0 Å². The summed E-state index contributed by atoms with van der Waals surface area (Å²) in [7, 11) is 0. The molecular weight excluding hydrogens is 292 g/mol. The van der Waals surface area contributed by atoms with Gasteiger partial charge < -0.3 is 15.0 Å². The standard InChI is InChI=1S/C17H22N4O2/c1-14-12-20(9-10-23-14)17(22)18-11-15-5-2-3-6-16(15)13-21-8-4-7-19-21/h2-8,14H,9-13H2,1H3,(H,18,22)/t14-/m0/s1. The molecule has 1 N–H and O–H groups in total. The minimum Gasteiger partial charge on any atom is -0.375 e. The van der Waals surface area contributed by atoms with E-state index in [0.29, 0.717) is 32.8 Å². The van der Waals surface area contributed by atoms with E-state index in [1.54, 1.807) is 6.20 Å². The molecule has 0 saturated carbocycles. The molecule has 0 spiro atoms. The molecule has 2 heterocycles. The van der Waals surface area contributed by atoms with Gasteiger partial charge in [0.15, 0.2) is 0 Å². The van der Waals surface area contributed by atoms with E-state index >= 15 is 0 Å². The van der Waals surface area contributed by atoms with Crippen molar-refractivity contribution in [3.63, 3.8) is 0 Å². The molecule has 122 valence electrons. The van der Waals surface area contributed by atoms with E-state index in [-0.39, 0.29) is 12.1 Å². The third kappa shape index (κ3) is 4.10. The molecule has 6 nitrogen and oxygen atoms in total. The predicted octanol–water partition coefficient (Wildman–Crippen LogP) is 1.86.